The number of fused-ring (bicyclic) bond motifs is 1. The molecule has 0 bridgehead atoms. The van der Waals surface area contributed by atoms with Crippen molar-refractivity contribution in [1.29, 1.82) is 10.5 Å². The molecule has 5 heterocycles. The lowest BCUT2D eigenvalue weighted by Gasteiger charge is -2.46. The number of likely N-dealkylation sites (tertiary alicyclic amines) is 2. The maximum Gasteiger partial charge on any atom is 0.179 e. The number of nitrogens with zero attached hydrogens (tertiary/aromatic N) is 9. The van der Waals surface area contributed by atoms with Gasteiger partial charge in [0.25, 0.3) is 0 Å². The second-order valence-corrected chi connectivity index (χ2v) is 9.12. The van der Waals surface area contributed by atoms with Crippen molar-refractivity contribution in [2.75, 3.05) is 26.2 Å². The molecule has 2 fully saturated rings. The molecule has 5 rings (SSSR count). The molecule has 0 amide bonds. The third-order valence-electron chi connectivity index (χ3n) is 6.62. The van der Waals surface area contributed by atoms with Gasteiger partial charge in [0, 0.05) is 44.0 Å². The lowest BCUT2D eigenvalue weighted by atomic mass is 9.97. The topological polar surface area (TPSA) is 111 Å². The zero-order valence-corrected chi connectivity index (χ0v) is 19.1. The van der Waals surface area contributed by atoms with Gasteiger partial charge in [0.15, 0.2) is 6.19 Å². The number of ether oxygens (including phenoxy) is 1. The minimum atomic E-state index is -0.0387. The summed E-state index contributed by atoms with van der Waals surface area (Å²) in [4.78, 5) is 4.34. The predicted molar refractivity (Wildman–Crippen MR) is 120 cm³/mol. The van der Waals surface area contributed by atoms with Crippen molar-refractivity contribution in [2.24, 2.45) is 0 Å². The van der Waals surface area contributed by atoms with E-state index in [1.54, 1.807) is 10.7 Å². The third-order valence-corrected chi connectivity index (χ3v) is 6.62. The second kappa shape index (κ2) is 8.38. The molecule has 2 aliphatic heterocycles. The minimum absolute atomic E-state index is 0.0387. The summed E-state index contributed by atoms with van der Waals surface area (Å²) in [5, 5.41) is 31.8. The average Bonchev–Trinajstić information content (AvgIpc) is 3.36. The largest absolute Gasteiger partial charge is 0.489 e. The van der Waals surface area contributed by atoms with E-state index >= 15 is 0 Å². The predicted octanol–water partition coefficient (Wildman–Crippen LogP) is 2.36. The Morgan fingerprint density at radius 1 is 1.15 bits per heavy atom. The molecule has 2 saturated heterocycles. The van der Waals surface area contributed by atoms with Crippen LogP contribution in [0.1, 0.15) is 44.0 Å². The van der Waals surface area contributed by atoms with Gasteiger partial charge in [-0.25, -0.2) is 9.20 Å². The normalized spacial score (nSPS) is 17.8. The van der Waals surface area contributed by atoms with Gasteiger partial charge in [-0.1, -0.05) is 5.21 Å². The lowest BCUT2D eigenvalue weighted by Crippen LogP contribution is -2.55. The molecule has 170 valence electrons. The van der Waals surface area contributed by atoms with E-state index in [-0.39, 0.29) is 6.10 Å². The Hall–Kier alpha value is -3.63. The van der Waals surface area contributed by atoms with E-state index in [2.05, 4.69) is 32.6 Å². The fourth-order valence-electron chi connectivity index (χ4n) is 4.87. The molecular formula is C23H27N9O. The summed E-state index contributed by atoms with van der Waals surface area (Å²) in [6.07, 6.45) is 7.72. The third kappa shape index (κ3) is 3.77. The number of aromatic nitrogens is 5. The molecule has 10 heteroatoms. The first kappa shape index (κ1) is 21.2. The van der Waals surface area contributed by atoms with Crippen molar-refractivity contribution < 1.29 is 4.74 Å². The highest BCUT2D eigenvalue weighted by molar-refractivity contribution is 5.74. The monoisotopic (exact) mass is 445 g/mol. The zero-order chi connectivity index (χ0) is 23.1. The van der Waals surface area contributed by atoms with Crippen LogP contribution in [0.2, 0.25) is 0 Å². The van der Waals surface area contributed by atoms with E-state index in [4.69, 9.17) is 10.00 Å². The van der Waals surface area contributed by atoms with Crippen LogP contribution in [0.5, 0.6) is 5.75 Å². The number of rotatable bonds is 5. The summed E-state index contributed by atoms with van der Waals surface area (Å²) in [5.74, 6) is 0.615. The van der Waals surface area contributed by atoms with E-state index in [9.17, 15) is 5.26 Å². The molecule has 0 atom stereocenters. The van der Waals surface area contributed by atoms with Crippen molar-refractivity contribution in [2.45, 2.75) is 51.8 Å². The second-order valence-electron chi connectivity index (χ2n) is 9.12. The Bertz CT molecular complexity index is 1250. The molecule has 0 aliphatic carbocycles. The van der Waals surface area contributed by atoms with Crippen LogP contribution < -0.4 is 4.74 Å². The van der Waals surface area contributed by atoms with Gasteiger partial charge in [-0.15, -0.1) is 5.10 Å². The lowest BCUT2D eigenvalue weighted by molar-refractivity contribution is 0.0265. The van der Waals surface area contributed by atoms with Gasteiger partial charge in [0.2, 0.25) is 0 Å². The first-order chi connectivity index (χ1) is 16.0. The van der Waals surface area contributed by atoms with Crippen molar-refractivity contribution >= 4 is 5.52 Å². The first-order valence-corrected chi connectivity index (χ1v) is 11.4. The van der Waals surface area contributed by atoms with E-state index in [1.807, 2.05) is 42.6 Å². The number of hydrogen-bond donors (Lipinski definition) is 0. The Morgan fingerprint density at radius 3 is 2.58 bits per heavy atom. The van der Waals surface area contributed by atoms with Crippen LogP contribution >= 0.6 is 0 Å². The van der Waals surface area contributed by atoms with Crippen molar-refractivity contribution in [3.05, 3.63) is 29.7 Å². The van der Waals surface area contributed by atoms with Gasteiger partial charge in [0.05, 0.1) is 24.0 Å². The molecular weight excluding hydrogens is 418 g/mol. The molecule has 0 saturated carbocycles. The van der Waals surface area contributed by atoms with Crippen LogP contribution in [-0.4, -0.2) is 72.7 Å². The number of pyridine rings is 1. The number of hydrogen-bond acceptors (Lipinski definition) is 8. The Morgan fingerprint density at radius 2 is 1.91 bits per heavy atom. The highest BCUT2D eigenvalue weighted by Crippen LogP contribution is 2.33. The van der Waals surface area contributed by atoms with E-state index in [0.717, 1.165) is 56.0 Å². The smallest absolute Gasteiger partial charge is 0.179 e. The summed E-state index contributed by atoms with van der Waals surface area (Å²) in [5.41, 5.74) is 3.79. The fraction of sp³-hybridized carbons (Fsp3) is 0.522. The molecule has 0 radical (unpaired) electrons. The van der Waals surface area contributed by atoms with Crippen molar-refractivity contribution in [3.8, 4) is 29.3 Å². The van der Waals surface area contributed by atoms with Gasteiger partial charge in [-0.2, -0.15) is 15.6 Å². The van der Waals surface area contributed by atoms with Gasteiger partial charge in [-0.3, -0.25) is 4.90 Å². The molecule has 0 aromatic carbocycles. The number of piperidine rings is 1. The maximum atomic E-state index is 9.45. The van der Waals surface area contributed by atoms with Crippen LogP contribution in [0, 0.1) is 29.7 Å². The summed E-state index contributed by atoms with van der Waals surface area (Å²) in [6, 6.07) is 4.95. The molecule has 3 aromatic rings. The summed E-state index contributed by atoms with van der Waals surface area (Å²) in [7, 11) is 0. The Balaban J connectivity index is 1.37. The van der Waals surface area contributed by atoms with Crippen LogP contribution in [0.15, 0.2) is 18.5 Å². The van der Waals surface area contributed by atoms with Crippen LogP contribution in [0.3, 0.4) is 0 Å². The molecule has 3 aromatic heterocycles. The minimum Gasteiger partial charge on any atom is -0.489 e. The van der Waals surface area contributed by atoms with E-state index < -0.39 is 0 Å². The highest BCUT2D eigenvalue weighted by Gasteiger charge is 2.36. The average molecular weight is 446 g/mol. The van der Waals surface area contributed by atoms with E-state index in [1.165, 1.54) is 0 Å². The molecule has 33 heavy (non-hydrogen) atoms. The van der Waals surface area contributed by atoms with Crippen molar-refractivity contribution in [3.63, 3.8) is 0 Å². The van der Waals surface area contributed by atoms with Crippen LogP contribution in [0.25, 0.3) is 16.8 Å². The molecule has 0 unspecified atom stereocenters. The van der Waals surface area contributed by atoms with Gasteiger partial charge in [-0.05, 0) is 39.7 Å². The molecule has 10 nitrogen and oxygen atoms in total. The standard InChI is InChI=1S/C23H27N9O/c1-15(2)33-21-8-17(11-31-23(21)18(9-24)10-26-31)22-16(3)32(28-27-22)20-12-30(13-20)19-4-6-29(14-25)7-5-19/h8,10-11,15,19-20H,4-7,12-13H2,1-3H3. The molecule has 0 spiro atoms. The zero-order valence-electron chi connectivity index (χ0n) is 19.1. The summed E-state index contributed by atoms with van der Waals surface area (Å²) >= 11 is 0. The fourth-order valence-corrected chi connectivity index (χ4v) is 4.87. The van der Waals surface area contributed by atoms with Crippen LogP contribution in [-0.2, 0) is 0 Å². The summed E-state index contributed by atoms with van der Waals surface area (Å²) < 4.78 is 9.72. The van der Waals surface area contributed by atoms with Crippen molar-refractivity contribution in [1.82, 2.24) is 34.4 Å². The molecule has 2 aliphatic rings. The van der Waals surface area contributed by atoms with Gasteiger partial charge >= 0.3 is 0 Å². The maximum absolute atomic E-state index is 9.45. The van der Waals surface area contributed by atoms with Crippen LogP contribution in [0.4, 0.5) is 0 Å². The quantitative estimate of drug-likeness (QED) is 0.550. The highest BCUT2D eigenvalue weighted by atomic mass is 16.5. The van der Waals surface area contributed by atoms with E-state index in [0.29, 0.717) is 28.9 Å². The number of nitriles is 2. The Labute approximate surface area is 192 Å². The molecule has 0 N–H and O–H groups in total. The first-order valence-electron chi connectivity index (χ1n) is 11.4. The summed E-state index contributed by atoms with van der Waals surface area (Å²) in [6.45, 7) is 9.55. The van der Waals surface area contributed by atoms with Gasteiger partial charge < -0.3 is 9.64 Å². The van der Waals surface area contributed by atoms with Gasteiger partial charge in [0.1, 0.15) is 28.6 Å². The SMILES string of the molecule is Cc1c(-c2cc(OC(C)C)c3c(C#N)cnn3c2)nnn1C1CN(C2CCN(C#N)CC2)C1. The Kier molecular flexibility index (Phi) is 5.39.